The van der Waals surface area contributed by atoms with Crippen LogP contribution in [0.4, 0.5) is 13.2 Å². The zero-order valence-corrected chi connectivity index (χ0v) is 9.38. The quantitative estimate of drug-likeness (QED) is 0.616. The lowest BCUT2D eigenvalue weighted by atomic mass is 10.2. The van der Waals surface area contributed by atoms with Crippen LogP contribution in [-0.4, -0.2) is 19.2 Å². The van der Waals surface area contributed by atoms with Crippen molar-refractivity contribution in [3.8, 4) is 17.6 Å². The summed E-state index contributed by atoms with van der Waals surface area (Å²) in [5, 5.41) is 0. The first kappa shape index (κ1) is 13.9. The number of benzene rings is 1. The minimum absolute atomic E-state index is 0.0234. The topological polar surface area (TPSA) is 35.5 Å². The molecule has 0 spiro atoms. The van der Waals surface area contributed by atoms with Crippen molar-refractivity contribution < 1.29 is 27.4 Å². The summed E-state index contributed by atoms with van der Waals surface area (Å²) >= 11 is 0. The summed E-state index contributed by atoms with van der Waals surface area (Å²) in [5.74, 6) is 2.38. The lowest BCUT2D eigenvalue weighted by Crippen LogP contribution is -2.04. The Morgan fingerprint density at radius 1 is 1.44 bits per heavy atom. The third kappa shape index (κ3) is 4.37. The standard InChI is InChI=1S/C12H9F3O3/c1-2-17-11(16)6-4-8-3-5-9(13)7-10(8)18-12(14)15/h3,5,7,12H,2H2,1H3. The van der Waals surface area contributed by atoms with E-state index >= 15 is 0 Å². The molecule has 0 unspecified atom stereocenters. The summed E-state index contributed by atoms with van der Waals surface area (Å²) in [6.45, 7) is -1.35. The number of alkyl halides is 2. The zero-order chi connectivity index (χ0) is 13.5. The molecular formula is C12H9F3O3. The molecule has 6 heteroatoms. The molecule has 1 aromatic carbocycles. The molecule has 0 amide bonds. The normalized spacial score (nSPS) is 9.61. The van der Waals surface area contributed by atoms with Crippen molar-refractivity contribution >= 4 is 5.97 Å². The van der Waals surface area contributed by atoms with Gasteiger partial charge in [-0.15, -0.1) is 0 Å². The number of rotatable bonds is 3. The van der Waals surface area contributed by atoms with Crippen LogP contribution in [0.15, 0.2) is 18.2 Å². The van der Waals surface area contributed by atoms with Crippen LogP contribution >= 0.6 is 0 Å². The van der Waals surface area contributed by atoms with Crippen LogP contribution in [0.25, 0.3) is 0 Å². The zero-order valence-electron chi connectivity index (χ0n) is 9.38. The number of halogens is 3. The molecule has 0 aliphatic rings. The Kier molecular flexibility index (Phi) is 5.06. The maximum Gasteiger partial charge on any atom is 0.387 e. The van der Waals surface area contributed by atoms with Crippen molar-refractivity contribution in [2.75, 3.05) is 6.61 Å². The first-order valence-corrected chi connectivity index (χ1v) is 4.96. The van der Waals surface area contributed by atoms with E-state index in [4.69, 9.17) is 0 Å². The molecule has 0 fully saturated rings. The average Bonchev–Trinajstić information content (AvgIpc) is 2.27. The van der Waals surface area contributed by atoms with Crippen LogP contribution in [0.2, 0.25) is 0 Å². The highest BCUT2D eigenvalue weighted by molar-refractivity contribution is 5.89. The van der Waals surface area contributed by atoms with Crippen LogP contribution in [0.1, 0.15) is 12.5 Å². The molecule has 0 saturated carbocycles. The summed E-state index contributed by atoms with van der Waals surface area (Å²) in [4.78, 5) is 11.0. The van der Waals surface area contributed by atoms with Gasteiger partial charge in [-0.2, -0.15) is 8.78 Å². The first-order chi connectivity index (χ1) is 8.52. The van der Waals surface area contributed by atoms with Gasteiger partial charge in [0.05, 0.1) is 12.2 Å². The number of ether oxygens (including phenoxy) is 2. The van der Waals surface area contributed by atoms with E-state index in [2.05, 4.69) is 21.3 Å². The van der Waals surface area contributed by atoms with E-state index in [0.29, 0.717) is 0 Å². The van der Waals surface area contributed by atoms with Gasteiger partial charge in [0.1, 0.15) is 11.6 Å². The molecule has 0 N–H and O–H groups in total. The fourth-order valence-electron chi connectivity index (χ4n) is 1.08. The van der Waals surface area contributed by atoms with Crippen molar-refractivity contribution in [3.63, 3.8) is 0 Å². The molecule has 0 atom stereocenters. The lowest BCUT2D eigenvalue weighted by molar-refractivity contribution is -0.136. The molecule has 1 rings (SSSR count). The number of esters is 1. The van der Waals surface area contributed by atoms with E-state index in [1.54, 1.807) is 6.92 Å². The molecule has 0 aliphatic heterocycles. The Morgan fingerprint density at radius 2 is 2.17 bits per heavy atom. The molecule has 1 aromatic rings. The van der Waals surface area contributed by atoms with Gasteiger partial charge in [0.2, 0.25) is 0 Å². The molecule has 0 aromatic heterocycles. The second-order valence-corrected chi connectivity index (χ2v) is 2.99. The van der Waals surface area contributed by atoms with Gasteiger partial charge in [-0.3, -0.25) is 0 Å². The highest BCUT2D eigenvalue weighted by Gasteiger charge is 2.09. The molecule has 0 radical (unpaired) electrons. The Hall–Kier alpha value is -2.16. The van der Waals surface area contributed by atoms with Gasteiger partial charge < -0.3 is 9.47 Å². The summed E-state index contributed by atoms with van der Waals surface area (Å²) < 4.78 is 45.6. The third-order valence-corrected chi connectivity index (χ3v) is 1.73. The predicted octanol–water partition coefficient (Wildman–Crippen LogP) is 2.34. The monoisotopic (exact) mass is 258 g/mol. The summed E-state index contributed by atoms with van der Waals surface area (Å²) in [5.41, 5.74) is -0.0234. The number of hydrogen-bond acceptors (Lipinski definition) is 3. The van der Waals surface area contributed by atoms with Gasteiger partial charge >= 0.3 is 12.6 Å². The van der Waals surface area contributed by atoms with Gasteiger partial charge in [-0.25, -0.2) is 9.18 Å². The van der Waals surface area contributed by atoms with E-state index in [0.717, 1.165) is 18.2 Å². The minimum Gasteiger partial charge on any atom is -0.456 e. The Labute approximate surface area is 102 Å². The van der Waals surface area contributed by atoms with Crippen molar-refractivity contribution in [1.29, 1.82) is 0 Å². The Balaban J connectivity index is 2.97. The van der Waals surface area contributed by atoms with E-state index in [9.17, 15) is 18.0 Å². The minimum atomic E-state index is -3.10. The number of carbonyl (C=O) groups excluding carboxylic acids is 1. The summed E-state index contributed by atoms with van der Waals surface area (Å²) in [6.07, 6.45) is 0. The molecular weight excluding hydrogens is 249 g/mol. The summed E-state index contributed by atoms with van der Waals surface area (Å²) in [7, 11) is 0. The molecule has 96 valence electrons. The van der Waals surface area contributed by atoms with Crippen LogP contribution in [0.5, 0.6) is 5.75 Å². The molecule has 0 heterocycles. The van der Waals surface area contributed by atoms with Gasteiger partial charge in [-0.05, 0) is 19.1 Å². The van der Waals surface area contributed by atoms with Crippen molar-refractivity contribution in [3.05, 3.63) is 29.6 Å². The molecule has 0 aliphatic carbocycles. The first-order valence-electron chi connectivity index (χ1n) is 4.96. The lowest BCUT2D eigenvalue weighted by Gasteiger charge is -2.06. The molecule has 3 nitrogen and oxygen atoms in total. The summed E-state index contributed by atoms with van der Waals surface area (Å²) in [6, 6.07) is 2.92. The second kappa shape index (κ2) is 6.55. The fourth-order valence-corrected chi connectivity index (χ4v) is 1.08. The fraction of sp³-hybridized carbons (Fsp3) is 0.250. The molecule has 18 heavy (non-hydrogen) atoms. The van der Waals surface area contributed by atoms with E-state index < -0.39 is 24.1 Å². The van der Waals surface area contributed by atoms with Gasteiger partial charge in [0, 0.05) is 12.0 Å². The number of hydrogen-bond donors (Lipinski definition) is 0. The Bertz CT molecular complexity index is 489. The van der Waals surface area contributed by atoms with Crippen LogP contribution in [-0.2, 0) is 9.53 Å². The Morgan fingerprint density at radius 3 is 2.78 bits per heavy atom. The van der Waals surface area contributed by atoms with E-state index in [1.807, 2.05) is 0 Å². The largest absolute Gasteiger partial charge is 0.456 e. The van der Waals surface area contributed by atoms with Crippen molar-refractivity contribution in [2.24, 2.45) is 0 Å². The van der Waals surface area contributed by atoms with Gasteiger partial charge in [0.15, 0.2) is 0 Å². The van der Waals surface area contributed by atoms with Gasteiger partial charge in [-0.1, -0.05) is 5.92 Å². The molecule has 0 saturated heterocycles. The van der Waals surface area contributed by atoms with E-state index in [-0.39, 0.29) is 12.2 Å². The SMILES string of the molecule is CCOC(=O)C#Cc1ccc(F)cc1OC(F)F. The maximum atomic E-state index is 12.9. The molecule has 0 bridgehead atoms. The van der Waals surface area contributed by atoms with Crippen LogP contribution in [0.3, 0.4) is 0 Å². The second-order valence-electron chi connectivity index (χ2n) is 2.99. The average molecular weight is 258 g/mol. The number of carbonyl (C=O) groups is 1. The van der Waals surface area contributed by atoms with Crippen LogP contribution in [0, 0.1) is 17.7 Å². The smallest absolute Gasteiger partial charge is 0.387 e. The maximum absolute atomic E-state index is 12.9. The highest BCUT2D eigenvalue weighted by atomic mass is 19.3. The highest BCUT2D eigenvalue weighted by Crippen LogP contribution is 2.21. The van der Waals surface area contributed by atoms with Crippen LogP contribution < -0.4 is 4.74 Å². The van der Waals surface area contributed by atoms with E-state index in [1.165, 1.54) is 0 Å². The van der Waals surface area contributed by atoms with Crippen molar-refractivity contribution in [2.45, 2.75) is 13.5 Å². The van der Waals surface area contributed by atoms with Crippen molar-refractivity contribution in [1.82, 2.24) is 0 Å². The predicted molar refractivity (Wildman–Crippen MR) is 56.5 cm³/mol. The van der Waals surface area contributed by atoms with Gasteiger partial charge in [0.25, 0.3) is 0 Å². The third-order valence-electron chi connectivity index (χ3n) is 1.73.